The fourth-order valence-electron chi connectivity index (χ4n) is 2.22. The molecular formula is C11H18N4O4S2. The number of nitrogens with two attached hydrogens (primary N) is 1. The number of rotatable bonds is 4. The van der Waals surface area contributed by atoms with Gasteiger partial charge in [0.15, 0.2) is 0 Å². The maximum atomic E-state index is 12.2. The zero-order valence-electron chi connectivity index (χ0n) is 11.6. The summed E-state index contributed by atoms with van der Waals surface area (Å²) in [6.45, 7) is 0.600. The van der Waals surface area contributed by atoms with E-state index in [-0.39, 0.29) is 16.8 Å². The van der Waals surface area contributed by atoms with Crippen molar-refractivity contribution in [2.24, 2.45) is 0 Å². The minimum atomic E-state index is -3.75. The highest BCUT2D eigenvalue weighted by Crippen LogP contribution is 2.18. The molecule has 0 bridgehead atoms. The van der Waals surface area contributed by atoms with E-state index in [1.807, 2.05) is 0 Å². The van der Waals surface area contributed by atoms with E-state index in [1.54, 1.807) is 0 Å². The average Bonchev–Trinajstić information content (AvgIpc) is 2.38. The second kappa shape index (κ2) is 5.87. The monoisotopic (exact) mass is 334 g/mol. The van der Waals surface area contributed by atoms with Crippen LogP contribution in [0.15, 0.2) is 23.2 Å². The predicted octanol–water partition coefficient (Wildman–Crippen LogP) is -0.634. The third-order valence-electron chi connectivity index (χ3n) is 3.33. The average molecular weight is 334 g/mol. The summed E-state index contributed by atoms with van der Waals surface area (Å²) >= 11 is 0. The molecule has 1 aliphatic rings. The van der Waals surface area contributed by atoms with Gasteiger partial charge in [0.1, 0.15) is 10.7 Å². The Morgan fingerprint density at radius 2 is 1.90 bits per heavy atom. The van der Waals surface area contributed by atoms with Gasteiger partial charge < -0.3 is 5.73 Å². The van der Waals surface area contributed by atoms with Crippen molar-refractivity contribution < 1.29 is 16.8 Å². The number of aromatic nitrogens is 1. The Labute approximate surface area is 124 Å². The van der Waals surface area contributed by atoms with Gasteiger partial charge in [0.2, 0.25) is 20.0 Å². The first-order chi connectivity index (χ1) is 9.70. The minimum absolute atomic E-state index is 0.0569. The lowest BCUT2D eigenvalue weighted by atomic mass is 10.1. The van der Waals surface area contributed by atoms with Crippen molar-refractivity contribution in [3.8, 4) is 0 Å². The number of sulfonamides is 2. The molecule has 0 aliphatic carbocycles. The van der Waals surface area contributed by atoms with Crippen LogP contribution in [0.25, 0.3) is 0 Å². The van der Waals surface area contributed by atoms with Gasteiger partial charge in [0.25, 0.3) is 0 Å². The largest absolute Gasteiger partial charge is 0.383 e. The topological polar surface area (TPSA) is 122 Å². The SMILES string of the molecule is CS(=O)(=O)N1CCC(NS(=O)(=O)c2cccnc2N)CC1. The summed E-state index contributed by atoms with van der Waals surface area (Å²) in [7, 11) is -6.97. The molecule has 0 aromatic carbocycles. The van der Waals surface area contributed by atoms with E-state index in [1.165, 1.54) is 22.6 Å². The van der Waals surface area contributed by atoms with E-state index in [0.29, 0.717) is 25.9 Å². The first kappa shape index (κ1) is 16.1. The molecule has 0 saturated carbocycles. The van der Waals surface area contributed by atoms with Gasteiger partial charge in [-0.25, -0.2) is 30.8 Å². The van der Waals surface area contributed by atoms with E-state index >= 15 is 0 Å². The Bertz CT molecular complexity index is 709. The maximum Gasteiger partial charge on any atom is 0.244 e. The van der Waals surface area contributed by atoms with Gasteiger partial charge in [-0.05, 0) is 25.0 Å². The molecule has 10 heteroatoms. The van der Waals surface area contributed by atoms with Crippen LogP contribution >= 0.6 is 0 Å². The predicted molar refractivity (Wildman–Crippen MR) is 78.4 cm³/mol. The van der Waals surface area contributed by atoms with E-state index in [2.05, 4.69) is 9.71 Å². The molecule has 1 fully saturated rings. The third kappa shape index (κ3) is 3.90. The minimum Gasteiger partial charge on any atom is -0.383 e. The van der Waals surface area contributed by atoms with Crippen LogP contribution < -0.4 is 10.5 Å². The normalized spacial score (nSPS) is 18.7. The number of anilines is 1. The number of hydrogen-bond acceptors (Lipinski definition) is 6. The van der Waals surface area contributed by atoms with Crippen molar-refractivity contribution in [3.63, 3.8) is 0 Å². The van der Waals surface area contributed by atoms with Crippen LogP contribution in [0.1, 0.15) is 12.8 Å². The first-order valence-electron chi connectivity index (χ1n) is 6.38. The molecule has 118 valence electrons. The highest BCUT2D eigenvalue weighted by atomic mass is 32.2. The molecule has 1 saturated heterocycles. The molecule has 3 N–H and O–H groups in total. The summed E-state index contributed by atoms with van der Waals surface area (Å²) in [5, 5.41) is 0. The third-order valence-corrected chi connectivity index (χ3v) is 6.21. The quantitative estimate of drug-likeness (QED) is 0.755. The highest BCUT2D eigenvalue weighted by Gasteiger charge is 2.28. The molecule has 0 atom stereocenters. The van der Waals surface area contributed by atoms with E-state index < -0.39 is 20.0 Å². The van der Waals surface area contributed by atoms with Crippen molar-refractivity contribution in [3.05, 3.63) is 18.3 Å². The van der Waals surface area contributed by atoms with Crippen molar-refractivity contribution in [2.45, 2.75) is 23.8 Å². The van der Waals surface area contributed by atoms with Gasteiger partial charge in [-0.3, -0.25) is 0 Å². The fourth-order valence-corrected chi connectivity index (χ4v) is 4.48. The first-order valence-corrected chi connectivity index (χ1v) is 9.71. The van der Waals surface area contributed by atoms with Crippen LogP contribution in [0.5, 0.6) is 0 Å². The zero-order chi connectivity index (χ0) is 15.7. The second-order valence-electron chi connectivity index (χ2n) is 4.94. The fraction of sp³-hybridized carbons (Fsp3) is 0.545. The molecule has 0 amide bonds. The Balaban J connectivity index is 2.05. The van der Waals surface area contributed by atoms with Gasteiger partial charge in [-0.1, -0.05) is 0 Å². The van der Waals surface area contributed by atoms with Gasteiger partial charge >= 0.3 is 0 Å². The van der Waals surface area contributed by atoms with Crippen LogP contribution in [0.4, 0.5) is 5.82 Å². The van der Waals surface area contributed by atoms with Crippen molar-refractivity contribution in [1.29, 1.82) is 0 Å². The summed E-state index contributed by atoms with van der Waals surface area (Å²) in [4.78, 5) is 3.69. The smallest absolute Gasteiger partial charge is 0.244 e. The summed E-state index contributed by atoms with van der Waals surface area (Å²) < 4.78 is 51.2. The molecule has 21 heavy (non-hydrogen) atoms. The number of nitrogens with zero attached hydrogens (tertiary/aromatic N) is 2. The lowest BCUT2D eigenvalue weighted by Crippen LogP contribution is -2.46. The molecule has 2 heterocycles. The maximum absolute atomic E-state index is 12.2. The molecule has 0 unspecified atom stereocenters. The summed E-state index contributed by atoms with van der Waals surface area (Å²) in [6.07, 6.45) is 3.41. The van der Waals surface area contributed by atoms with Crippen LogP contribution in [-0.2, 0) is 20.0 Å². The standard InChI is InChI=1S/C11H18N4O4S2/c1-20(16,17)15-7-4-9(5-8-15)14-21(18,19)10-3-2-6-13-11(10)12/h2-3,6,9,14H,4-5,7-8H2,1H3,(H2,12,13). The van der Waals surface area contributed by atoms with Crippen LogP contribution in [-0.4, -0.2) is 51.5 Å². The molecule has 2 rings (SSSR count). The lowest BCUT2D eigenvalue weighted by Gasteiger charge is -2.30. The van der Waals surface area contributed by atoms with Crippen molar-refractivity contribution in [2.75, 3.05) is 25.1 Å². The second-order valence-corrected chi connectivity index (χ2v) is 8.61. The van der Waals surface area contributed by atoms with E-state index in [4.69, 9.17) is 5.73 Å². The van der Waals surface area contributed by atoms with Gasteiger partial charge in [-0.2, -0.15) is 0 Å². The Morgan fingerprint density at radius 3 is 2.43 bits per heavy atom. The molecule has 1 aromatic heterocycles. The Kier molecular flexibility index (Phi) is 4.51. The highest BCUT2D eigenvalue weighted by molar-refractivity contribution is 7.89. The van der Waals surface area contributed by atoms with Crippen LogP contribution in [0, 0.1) is 0 Å². The Hall–Kier alpha value is -1.23. The summed E-state index contributed by atoms with van der Waals surface area (Å²) in [5.41, 5.74) is 5.57. The molecular weight excluding hydrogens is 316 g/mol. The Morgan fingerprint density at radius 1 is 1.29 bits per heavy atom. The zero-order valence-corrected chi connectivity index (χ0v) is 13.2. The van der Waals surface area contributed by atoms with Crippen LogP contribution in [0.2, 0.25) is 0 Å². The molecule has 0 spiro atoms. The summed E-state index contributed by atoms with van der Waals surface area (Å²) in [6, 6.07) is 2.57. The number of nitrogens with one attached hydrogen (secondary N) is 1. The number of hydrogen-bond donors (Lipinski definition) is 2. The van der Waals surface area contributed by atoms with Crippen molar-refractivity contribution >= 4 is 25.9 Å². The van der Waals surface area contributed by atoms with Crippen molar-refractivity contribution in [1.82, 2.24) is 14.0 Å². The van der Waals surface area contributed by atoms with Gasteiger partial charge in [0.05, 0.1) is 6.26 Å². The van der Waals surface area contributed by atoms with Crippen LogP contribution in [0.3, 0.4) is 0 Å². The number of nitrogen functional groups attached to an aromatic ring is 1. The number of pyridine rings is 1. The van der Waals surface area contributed by atoms with E-state index in [0.717, 1.165) is 6.26 Å². The van der Waals surface area contributed by atoms with Gasteiger partial charge in [0, 0.05) is 25.3 Å². The molecule has 0 radical (unpaired) electrons. The number of piperidine rings is 1. The summed E-state index contributed by atoms with van der Waals surface area (Å²) in [5.74, 6) is -0.0569. The molecule has 1 aromatic rings. The lowest BCUT2D eigenvalue weighted by molar-refractivity contribution is 0.310. The molecule has 1 aliphatic heterocycles. The molecule has 8 nitrogen and oxygen atoms in total. The van der Waals surface area contributed by atoms with Gasteiger partial charge in [-0.15, -0.1) is 0 Å². The van der Waals surface area contributed by atoms with E-state index in [9.17, 15) is 16.8 Å².